The van der Waals surface area contributed by atoms with E-state index in [1.807, 2.05) is 47.5 Å². The van der Waals surface area contributed by atoms with E-state index >= 15 is 0 Å². The molecule has 3 aromatic rings. The predicted octanol–water partition coefficient (Wildman–Crippen LogP) is 6.03. The van der Waals surface area contributed by atoms with Gasteiger partial charge < -0.3 is 9.64 Å². The Morgan fingerprint density at radius 1 is 1.06 bits per heavy atom. The van der Waals surface area contributed by atoms with E-state index in [9.17, 15) is 4.79 Å². The maximum absolute atomic E-state index is 13.3. The molecule has 1 aromatic carbocycles. The molecule has 1 aliphatic rings. The minimum absolute atomic E-state index is 0.0648. The summed E-state index contributed by atoms with van der Waals surface area (Å²) in [7, 11) is 0. The SMILES string of the molecule is Cc1ccsc1C(=O)N(Cc1ccncc1)Cc1ccc(OC[C@@H]2CC=CCC2)cc1. The Hall–Kier alpha value is -2.92. The van der Waals surface area contributed by atoms with Crippen LogP contribution in [0.4, 0.5) is 0 Å². The number of ether oxygens (including phenoxy) is 1. The van der Waals surface area contributed by atoms with Gasteiger partial charge >= 0.3 is 0 Å². The smallest absolute Gasteiger partial charge is 0.264 e. The highest BCUT2D eigenvalue weighted by Crippen LogP contribution is 2.23. The minimum atomic E-state index is 0.0648. The first-order valence-corrected chi connectivity index (χ1v) is 11.7. The molecule has 2 heterocycles. The number of nitrogens with zero attached hydrogens (tertiary/aromatic N) is 2. The Morgan fingerprint density at radius 3 is 2.45 bits per heavy atom. The lowest BCUT2D eigenvalue weighted by Crippen LogP contribution is -2.30. The van der Waals surface area contributed by atoms with Gasteiger partial charge in [0.2, 0.25) is 0 Å². The lowest BCUT2D eigenvalue weighted by molar-refractivity contribution is 0.0734. The van der Waals surface area contributed by atoms with Gasteiger partial charge in [-0.1, -0.05) is 24.3 Å². The van der Waals surface area contributed by atoms with Crippen LogP contribution in [0.3, 0.4) is 0 Å². The van der Waals surface area contributed by atoms with Gasteiger partial charge in [0.05, 0.1) is 11.5 Å². The van der Waals surface area contributed by atoms with Crippen LogP contribution in [-0.2, 0) is 13.1 Å². The fourth-order valence-corrected chi connectivity index (χ4v) is 4.67. The van der Waals surface area contributed by atoms with Crippen LogP contribution in [0.2, 0.25) is 0 Å². The third-order valence-corrected chi connectivity index (χ3v) is 6.63. The van der Waals surface area contributed by atoms with Crippen molar-refractivity contribution in [2.75, 3.05) is 6.61 Å². The molecule has 4 rings (SSSR count). The van der Waals surface area contributed by atoms with Crippen LogP contribution < -0.4 is 4.74 Å². The van der Waals surface area contributed by atoms with Crippen molar-refractivity contribution in [1.82, 2.24) is 9.88 Å². The Kier molecular flexibility index (Phi) is 7.15. The number of rotatable bonds is 8. The molecule has 0 bridgehead atoms. The number of pyridine rings is 1. The second kappa shape index (κ2) is 10.4. The normalized spacial score (nSPS) is 15.6. The molecular weight excluding hydrogens is 404 g/mol. The lowest BCUT2D eigenvalue weighted by atomic mass is 9.95. The third kappa shape index (κ3) is 5.82. The summed E-state index contributed by atoms with van der Waals surface area (Å²) in [6.07, 6.45) is 11.5. The predicted molar refractivity (Wildman–Crippen MR) is 125 cm³/mol. The molecule has 0 N–H and O–H groups in total. The van der Waals surface area contributed by atoms with Crippen molar-refractivity contribution < 1.29 is 9.53 Å². The van der Waals surface area contributed by atoms with Crippen molar-refractivity contribution in [3.8, 4) is 5.75 Å². The van der Waals surface area contributed by atoms with Crippen LogP contribution in [-0.4, -0.2) is 22.4 Å². The Bertz CT molecular complexity index is 1010. The van der Waals surface area contributed by atoms with Gasteiger partial charge in [-0.05, 0) is 84.5 Å². The lowest BCUT2D eigenvalue weighted by Gasteiger charge is -2.23. The largest absolute Gasteiger partial charge is 0.493 e. The fourth-order valence-electron chi connectivity index (χ4n) is 3.78. The summed E-state index contributed by atoms with van der Waals surface area (Å²) in [5.74, 6) is 1.56. The number of hydrogen-bond donors (Lipinski definition) is 0. The van der Waals surface area contributed by atoms with Gasteiger partial charge in [-0.25, -0.2) is 0 Å². The van der Waals surface area contributed by atoms with Crippen LogP contribution in [0.15, 0.2) is 72.4 Å². The van der Waals surface area contributed by atoms with Crippen molar-refractivity contribution in [2.24, 2.45) is 5.92 Å². The maximum Gasteiger partial charge on any atom is 0.264 e. The molecule has 2 aromatic heterocycles. The Morgan fingerprint density at radius 2 is 1.81 bits per heavy atom. The van der Waals surface area contributed by atoms with Crippen LogP contribution in [0.25, 0.3) is 0 Å². The van der Waals surface area contributed by atoms with Crippen LogP contribution >= 0.6 is 11.3 Å². The second-order valence-electron chi connectivity index (χ2n) is 8.05. The second-order valence-corrected chi connectivity index (χ2v) is 8.97. The van der Waals surface area contributed by atoms with Gasteiger partial charge in [0, 0.05) is 25.5 Å². The molecule has 0 fully saturated rings. The summed E-state index contributed by atoms with van der Waals surface area (Å²) < 4.78 is 6.00. The number of aryl methyl sites for hydroxylation is 1. The Labute approximate surface area is 188 Å². The van der Waals surface area contributed by atoms with E-state index in [1.165, 1.54) is 17.8 Å². The molecule has 5 heteroatoms. The van der Waals surface area contributed by atoms with Gasteiger partial charge in [0.15, 0.2) is 0 Å². The van der Waals surface area contributed by atoms with Crippen molar-refractivity contribution in [1.29, 1.82) is 0 Å². The van der Waals surface area contributed by atoms with Crippen LogP contribution in [0.5, 0.6) is 5.75 Å². The number of aromatic nitrogens is 1. The molecule has 1 amide bonds. The molecule has 1 atom stereocenters. The monoisotopic (exact) mass is 432 g/mol. The fraction of sp³-hybridized carbons (Fsp3) is 0.308. The van der Waals surface area contributed by atoms with Crippen molar-refractivity contribution in [3.05, 3.63) is 94.0 Å². The van der Waals surface area contributed by atoms with Crippen molar-refractivity contribution in [3.63, 3.8) is 0 Å². The summed E-state index contributed by atoms with van der Waals surface area (Å²) in [5.41, 5.74) is 3.18. The van der Waals surface area contributed by atoms with Gasteiger partial charge in [-0.15, -0.1) is 11.3 Å². The van der Waals surface area contributed by atoms with E-state index in [2.05, 4.69) is 29.3 Å². The highest BCUT2D eigenvalue weighted by Gasteiger charge is 2.20. The molecule has 0 spiro atoms. The maximum atomic E-state index is 13.3. The number of carbonyl (C=O) groups is 1. The molecule has 0 saturated carbocycles. The third-order valence-electron chi connectivity index (χ3n) is 5.63. The van der Waals surface area contributed by atoms with E-state index in [1.54, 1.807) is 12.4 Å². The molecule has 0 aliphatic heterocycles. The number of benzene rings is 1. The quantitative estimate of drug-likeness (QED) is 0.408. The Balaban J connectivity index is 1.43. The van der Waals surface area contributed by atoms with Gasteiger partial charge in [-0.2, -0.15) is 0 Å². The summed E-state index contributed by atoms with van der Waals surface area (Å²) in [6.45, 7) is 3.84. The number of carbonyl (C=O) groups excluding carboxylic acids is 1. The van der Waals surface area contributed by atoms with E-state index in [0.29, 0.717) is 19.0 Å². The number of thiophene rings is 1. The van der Waals surface area contributed by atoms with Gasteiger partial charge in [0.1, 0.15) is 5.75 Å². The summed E-state index contributed by atoms with van der Waals surface area (Å²) in [6, 6.07) is 14.1. The first-order valence-electron chi connectivity index (χ1n) is 10.8. The average molecular weight is 433 g/mol. The van der Waals surface area contributed by atoms with Crippen molar-refractivity contribution >= 4 is 17.2 Å². The molecule has 0 radical (unpaired) electrons. The standard InChI is InChI=1S/C26H28N2O2S/c1-20-13-16-31-25(20)26(29)28(18-22-11-14-27-15-12-22)17-21-7-9-24(10-8-21)30-19-23-5-3-2-4-6-23/h2-3,7-16,23H,4-6,17-19H2,1H3/t23-/m1/s1. The molecule has 0 unspecified atom stereocenters. The molecule has 1 aliphatic carbocycles. The number of amides is 1. The van der Waals surface area contributed by atoms with E-state index < -0.39 is 0 Å². The summed E-state index contributed by atoms with van der Waals surface area (Å²) in [5, 5.41) is 1.97. The zero-order chi connectivity index (χ0) is 21.5. The first kappa shape index (κ1) is 21.3. The first-order chi connectivity index (χ1) is 15.2. The number of hydrogen-bond acceptors (Lipinski definition) is 4. The topological polar surface area (TPSA) is 42.4 Å². The number of allylic oxidation sites excluding steroid dienone is 2. The average Bonchev–Trinajstić information content (AvgIpc) is 3.25. The highest BCUT2D eigenvalue weighted by atomic mass is 32.1. The van der Waals surface area contributed by atoms with E-state index in [4.69, 9.17) is 4.74 Å². The zero-order valence-electron chi connectivity index (χ0n) is 17.9. The molecule has 0 saturated heterocycles. The van der Waals surface area contributed by atoms with Crippen molar-refractivity contribution in [2.45, 2.75) is 39.3 Å². The zero-order valence-corrected chi connectivity index (χ0v) is 18.7. The summed E-state index contributed by atoms with van der Waals surface area (Å²) in [4.78, 5) is 20.1. The molecular formula is C26H28N2O2S. The van der Waals surface area contributed by atoms with E-state index in [0.717, 1.165) is 46.8 Å². The van der Waals surface area contributed by atoms with E-state index in [-0.39, 0.29) is 5.91 Å². The molecule has 31 heavy (non-hydrogen) atoms. The van der Waals surface area contributed by atoms with Gasteiger partial charge in [0.25, 0.3) is 5.91 Å². The highest BCUT2D eigenvalue weighted by molar-refractivity contribution is 7.12. The molecule has 4 nitrogen and oxygen atoms in total. The summed E-state index contributed by atoms with van der Waals surface area (Å²) >= 11 is 1.50. The van der Waals surface area contributed by atoms with Crippen LogP contribution in [0.1, 0.15) is 45.6 Å². The minimum Gasteiger partial charge on any atom is -0.493 e. The van der Waals surface area contributed by atoms with Gasteiger partial charge in [-0.3, -0.25) is 9.78 Å². The van der Waals surface area contributed by atoms with Crippen LogP contribution in [0, 0.1) is 12.8 Å². The molecule has 160 valence electrons.